The number of aromatic nitrogens is 1. The van der Waals surface area contributed by atoms with Crippen molar-refractivity contribution in [3.63, 3.8) is 0 Å². The molecule has 2 fully saturated rings. The number of anilines is 1. The van der Waals surface area contributed by atoms with Gasteiger partial charge in [-0.15, -0.1) is 0 Å². The number of nitrogens with one attached hydrogen (secondary N) is 1. The molecule has 0 unspecified atom stereocenters. The molecule has 1 aliphatic carbocycles. The van der Waals surface area contributed by atoms with Crippen LogP contribution in [0.4, 0.5) is 5.69 Å². The molecule has 170 valence electrons. The summed E-state index contributed by atoms with van der Waals surface area (Å²) >= 11 is 12.9. The second kappa shape index (κ2) is 8.67. The van der Waals surface area contributed by atoms with Crippen molar-refractivity contribution in [2.24, 2.45) is 5.10 Å². The van der Waals surface area contributed by atoms with Crippen LogP contribution in [0.2, 0.25) is 10.0 Å². The fraction of sp³-hybridized carbons (Fsp3) is 0.360. The Morgan fingerprint density at radius 2 is 1.70 bits per heavy atom. The summed E-state index contributed by atoms with van der Waals surface area (Å²) in [5.74, 6) is 2.31. The highest BCUT2D eigenvalue weighted by molar-refractivity contribution is 6.39. The van der Waals surface area contributed by atoms with Crippen molar-refractivity contribution in [3.8, 4) is 11.3 Å². The number of benzene rings is 2. The molecule has 1 saturated heterocycles. The zero-order chi connectivity index (χ0) is 22.4. The van der Waals surface area contributed by atoms with Crippen molar-refractivity contribution in [2.45, 2.75) is 44.3 Å². The molecule has 6 nitrogen and oxygen atoms in total. The fourth-order valence-electron chi connectivity index (χ4n) is 4.52. The van der Waals surface area contributed by atoms with Crippen LogP contribution in [0.15, 0.2) is 52.1 Å². The summed E-state index contributed by atoms with van der Waals surface area (Å²) in [5, 5.41) is 9.54. The van der Waals surface area contributed by atoms with E-state index >= 15 is 0 Å². The molecule has 2 aliphatic heterocycles. The number of ether oxygens (including phenoxy) is 1. The van der Waals surface area contributed by atoms with E-state index in [2.05, 4.69) is 44.8 Å². The molecule has 1 saturated carbocycles. The lowest BCUT2D eigenvalue weighted by atomic mass is 10.0. The molecule has 2 aromatic carbocycles. The Bertz CT molecular complexity index is 1180. The fourth-order valence-corrected chi connectivity index (χ4v) is 5.09. The smallest absolute Gasteiger partial charge is 0.173 e. The minimum atomic E-state index is 0.196. The van der Waals surface area contributed by atoms with Gasteiger partial charge >= 0.3 is 0 Å². The van der Waals surface area contributed by atoms with Crippen molar-refractivity contribution in [3.05, 3.63) is 69.4 Å². The van der Waals surface area contributed by atoms with E-state index in [1.807, 2.05) is 18.2 Å². The van der Waals surface area contributed by atoms with E-state index in [0.717, 1.165) is 67.1 Å². The van der Waals surface area contributed by atoms with Crippen molar-refractivity contribution in [2.75, 3.05) is 18.0 Å². The predicted octanol–water partition coefficient (Wildman–Crippen LogP) is 5.98. The third-order valence-corrected chi connectivity index (χ3v) is 7.23. The monoisotopic (exact) mass is 482 g/mol. The van der Waals surface area contributed by atoms with Gasteiger partial charge in [-0.05, 0) is 62.1 Å². The molecule has 0 atom stereocenters. The summed E-state index contributed by atoms with van der Waals surface area (Å²) in [6.07, 6.45) is 4.39. The molecule has 1 N–H and O–H groups in total. The van der Waals surface area contributed by atoms with Gasteiger partial charge in [-0.2, -0.15) is 5.10 Å². The Kier molecular flexibility index (Phi) is 5.52. The maximum Gasteiger partial charge on any atom is 0.173 e. The topological polar surface area (TPSA) is 72.8 Å². The third kappa shape index (κ3) is 4.35. The molecule has 33 heavy (non-hydrogen) atoms. The molecule has 8 heteroatoms. The zero-order valence-corrected chi connectivity index (χ0v) is 19.6. The van der Waals surface area contributed by atoms with Crippen LogP contribution in [0.5, 0.6) is 0 Å². The molecule has 0 spiro atoms. The predicted molar refractivity (Wildman–Crippen MR) is 130 cm³/mol. The van der Waals surface area contributed by atoms with Gasteiger partial charge in [0.25, 0.3) is 0 Å². The van der Waals surface area contributed by atoms with Crippen molar-refractivity contribution in [1.29, 1.82) is 0 Å². The zero-order valence-electron chi connectivity index (χ0n) is 18.1. The number of halogens is 2. The Morgan fingerprint density at radius 3 is 2.33 bits per heavy atom. The first kappa shape index (κ1) is 21.0. The summed E-state index contributed by atoms with van der Waals surface area (Å²) in [5.41, 5.74) is 7.69. The summed E-state index contributed by atoms with van der Waals surface area (Å²) in [7, 11) is 0. The minimum Gasteiger partial charge on any atom is -0.373 e. The molecule has 3 heterocycles. The molecular weight excluding hydrogens is 459 g/mol. The van der Waals surface area contributed by atoms with Crippen molar-refractivity contribution >= 4 is 34.7 Å². The lowest BCUT2D eigenvalue weighted by Gasteiger charge is -2.33. The lowest BCUT2D eigenvalue weighted by molar-refractivity contribution is 0.0246. The first-order chi connectivity index (χ1) is 16.2. The van der Waals surface area contributed by atoms with Gasteiger partial charge in [0.1, 0.15) is 11.5 Å². The summed E-state index contributed by atoms with van der Waals surface area (Å²) in [6.45, 7) is 2.39. The second-order valence-electron chi connectivity index (χ2n) is 8.86. The molecule has 0 bridgehead atoms. The standard InChI is InChI=1S/C25H24Cl2N4O2/c26-20-2-1-3-21(27)22(20)23-19(24(33-30-23)15-4-5-15)14-32-18-10-12-31(13-11-18)17-8-6-16(7-9-17)25-28-29-25/h1-3,6-9,15,18H,4-5,10-14H2,(H,28,29). The van der Waals surface area contributed by atoms with Gasteiger partial charge in [0.05, 0.1) is 22.8 Å². The first-order valence-corrected chi connectivity index (χ1v) is 12.2. The maximum atomic E-state index is 6.47. The van der Waals surface area contributed by atoms with Crippen LogP contribution in [0.3, 0.4) is 0 Å². The van der Waals surface area contributed by atoms with E-state index in [1.54, 1.807) is 0 Å². The number of nitrogens with zero attached hydrogens (tertiary/aromatic N) is 3. The van der Waals surface area contributed by atoms with Crippen LogP contribution in [-0.2, 0) is 11.3 Å². The van der Waals surface area contributed by atoms with E-state index in [0.29, 0.717) is 28.3 Å². The maximum absolute atomic E-state index is 6.47. The largest absolute Gasteiger partial charge is 0.373 e. The quantitative estimate of drug-likeness (QED) is 0.448. The van der Waals surface area contributed by atoms with Gasteiger partial charge < -0.3 is 14.2 Å². The van der Waals surface area contributed by atoms with Crippen LogP contribution in [-0.4, -0.2) is 30.2 Å². The number of hydrazone groups is 1. The van der Waals surface area contributed by atoms with Gasteiger partial charge in [0, 0.05) is 41.4 Å². The number of piperidine rings is 1. The highest BCUT2D eigenvalue weighted by atomic mass is 35.5. The van der Waals surface area contributed by atoms with E-state index in [-0.39, 0.29) is 6.10 Å². The van der Waals surface area contributed by atoms with Gasteiger partial charge in [-0.1, -0.05) is 34.4 Å². The molecule has 3 aliphatic rings. The van der Waals surface area contributed by atoms with Gasteiger partial charge in [-0.25, -0.2) is 0 Å². The minimum absolute atomic E-state index is 0.196. The Labute approximate surface area is 202 Å². The van der Waals surface area contributed by atoms with E-state index in [4.69, 9.17) is 32.5 Å². The van der Waals surface area contributed by atoms with Crippen molar-refractivity contribution in [1.82, 2.24) is 10.6 Å². The summed E-state index contributed by atoms with van der Waals surface area (Å²) in [6, 6.07) is 14.1. The van der Waals surface area contributed by atoms with Crippen LogP contribution in [0.1, 0.15) is 48.5 Å². The number of hydrogen-bond donors (Lipinski definition) is 1. The average molecular weight is 483 g/mol. The van der Waals surface area contributed by atoms with Crippen LogP contribution >= 0.6 is 23.2 Å². The van der Waals surface area contributed by atoms with E-state index < -0.39 is 0 Å². The number of amidine groups is 1. The van der Waals surface area contributed by atoms with Gasteiger partial charge in [0.2, 0.25) is 0 Å². The Balaban J connectivity index is 1.13. The summed E-state index contributed by atoms with van der Waals surface area (Å²) in [4.78, 5) is 2.41. The molecule has 0 radical (unpaired) electrons. The summed E-state index contributed by atoms with van der Waals surface area (Å²) < 4.78 is 12.2. The highest BCUT2D eigenvalue weighted by Gasteiger charge is 2.34. The third-order valence-electron chi connectivity index (χ3n) is 6.60. The van der Waals surface area contributed by atoms with Crippen molar-refractivity contribution < 1.29 is 9.26 Å². The number of rotatable bonds is 7. The lowest BCUT2D eigenvalue weighted by Crippen LogP contribution is -2.37. The molecule has 0 amide bonds. The van der Waals surface area contributed by atoms with Crippen LogP contribution < -0.4 is 10.3 Å². The SMILES string of the molecule is Clc1cccc(Cl)c1-c1noc(C2CC2)c1COC1CCN(c2ccc(C3=NN3)cc2)CC1. The molecule has 6 rings (SSSR count). The second-order valence-corrected chi connectivity index (χ2v) is 9.68. The van der Waals surface area contributed by atoms with E-state index in [1.165, 1.54) is 5.69 Å². The molecule has 1 aromatic heterocycles. The molecular formula is C25H24Cl2N4O2. The molecule has 3 aromatic rings. The first-order valence-electron chi connectivity index (χ1n) is 11.4. The van der Waals surface area contributed by atoms with Gasteiger partial charge in [0.15, 0.2) is 5.84 Å². The Hall–Kier alpha value is -2.54. The van der Waals surface area contributed by atoms with Crippen LogP contribution in [0.25, 0.3) is 11.3 Å². The Morgan fingerprint density at radius 1 is 1.00 bits per heavy atom. The average Bonchev–Trinajstić information content (AvgIpc) is 3.77. The van der Waals surface area contributed by atoms with E-state index in [9.17, 15) is 0 Å². The number of hydrogen-bond acceptors (Lipinski definition) is 6. The van der Waals surface area contributed by atoms with Gasteiger partial charge in [-0.3, -0.25) is 5.43 Å². The van der Waals surface area contributed by atoms with Crippen LogP contribution in [0, 0.1) is 0 Å². The normalized spacial score (nSPS) is 18.2. The highest BCUT2D eigenvalue weighted by Crippen LogP contribution is 2.46.